The molecule has 90 valence electrons. The molecule has 18 heavy (non-hydrogen) atoms. The summed E-state index contributed by atoms with van der Waals surface area (Å²) >= 11 is 0. The summed E-state index contributed by atoms with van der Waals surface area (Å²) in [5, 5.41) is 4.32. The molecule has 3 aromatic rings. The number of hydrogen-bond acceptors (Lipinski definition) is 2. The first-order chi connectivity index (χ1) is 8.75. The monoisotopic (exact) mass is 237 g/mol. The Morgan fingerprint density at radius 3 is 2.67 bits per heavy atom. The number of hydrogen-bond donors (Lipinski definition) is 1. The summed E-state index contributed by atoms with van der Waals surface area (Å²) in [4.78, 5) is 0. The van der Waals surface area contributed by atoms with Gasteiger partial charge in [0.2, 0.25) is 0 Å². The Morgan fingerprint density at radius 1 is 1.11 bits per heavy atom. The van der Waals surface area contributed by atoms with Crippen molar-refractivity contribution in [2.45, 2.75) is 13.0 Å². The molecular weight excluding hydrogens is 222 g/mol. The summed E-state index contributed by atoms with van der Waals surface area (Å²) in [6.07, 6.45) is 3.78. The second-order valence-electron chi connectivity index (χ2n) is 4.52. The number of fused-ring (bicyclic) bond motifs is 1. The number of nitrogens with zero attached hydrogens (tertiary/aromatic N) is 2. The van der Waals surface area contributed by atoms with Crippen molar-refractivity contribution in [3.63, 3.8) is 0 Å². The lowest BCUT2D eigenvalue weighted by Gasteiger charge is -2.11. The Morgan fingerprint density at radius 2 is 1.89 bits per heavy atom. The van der Waals surface area contributed by atoms with Gasteiger partial charge in [-0.15, -0.1) is 0 Å². The molecule has 1 atom stereocenters. The molecule has 0 bridgehead atoms. The second kappa shape index (κ2) is 4.27. The van der Waals surface area contributed by atoms with Crippen molar-refractivity contribution in [2.75, 3.05) is 0 Å². The zero-order valence-electron chi connectivity index (χ0n) is 10.2. The molecule has 2 heterocycles. The maximum atomic E-state index is 6.32. The van der Waals surface area contributed by atoms with Gasteiger partial charge in [-0.3, -0.25) is 0 Å². The zero-order valence-corrected chi connectivity index (χ0v) is 10.2. The molecule has 3 heteroatoms. The molecule has 1 aromatic carbocycles. The highest BCUT2D eigenvalue weighted by molar-refractivity contribution is 5.56. The normalized spacial score (nSPS) is 12.8. The number of benzene rings is 1. The van der Waals surface area contributed by atoms with Crippen molar-refractivity contribution in [1.82, 2.24) is 9.61 Å². The summed E-state index contributed by atoms with van der Waals surface area (Å²) < 4.78 is 1.85. The molecule has 0 aliphatic carbocycles. The lowest BCUT2D eigenvalue weighted by atomic mass is 10.00. The van der Waals surface area contributed by atoms with E-state index in [0.29, 0.717) is 0 Å². The highest BCUT2D eigenvalue weighted by Crippen LogP contribution is 2.23. The van der Waals surface area contributed by atoms with Crippen LogP contribution in [0.2, 0.25) is 0 Å². The lowest BCUT2D eigenvalue weighted by molar-refractivity contribution is 0.879. The standard InChI is InChI=1S/C15H15N3/c1-11-5-7-12(8-6-11)15(16)13-10-17-18-9-3-2-4-14(13)18/h2-10,15H,16H2,1H3. The van der Waals surface area contributed by atoms with Crippen LogP contribution >= 0.6 is 0 Å². The van der Waals surface area contributed by atoms with E-state index in [4.69, 9.17) is 5.73 Å². The molecule has 0 amide bonds. The third-order valence-electron chi connectivity index (χ3n) is 3.23. The van der Waals surface area contributed by atoms with E-state index in [-0.39, 0.29) is 6.04 Å². The van der Waals surface area contributed by atoms with Crippen LogP contribution in [-0.4, -0.2) is 9.61 Å². The number of aromatic nitrogens is 2. The molecule has 3 nitrogen and oxygen atoms in total. The van der Waals surface area contributed by atoms with Gasteiger partial charge in [0.1, 0.15) is 0 Å². The molecule has 2 N–H and O–H groups in total. The maximum Gasteiger partial charge on any atom is 0.0712 e. The van der Waals surface area contributed by atoms with Crippen molar-refractivity contribution < 1.29 is 0 Å². The second-order valence-corrected chi connectivity index (χ2v) is 4.52. The largest absolute Gasteiger partial charge is 0.320 e. The fraction of sp³-hybridized carbons (Fsp3) is 0.133. The summed E-state index contributed by atoms with van der Waals surface area (Å²) in [5.74, 6) is 0. The third kappa shape index (κ3) is 1.79. The minimum absolute atomic E-state index is 0.134. The van der Waals surface area contributed by atoms with E-state index in [1.807, 2.05) is 35.1 Å². The van der Waals surface area contributed by atoms with Crippen LogP contribution in [0.15, 0.2) is 54.9 Å². The van der Waals surface area contributed by atoms with Crippen LogP contribution in [0.25, 0.3) is 5.52 Å². The maximum absolute atomic E-state index is 6.32. The van der Waals surface area contributed by atoms with Crippen molar-refractivity contribution in [3.8, 4) is 0 Å². The van der Waals surface area contributed by atoms with Crippen LogP contribution in [0.4, 0.5) is 0 Å². The van der Waals surface area contributed by atoms with E-state index in [0.717, 1.165) is 16.6 Å². The molecule has 2 aromatic heterocycles. The fourth-order valence-electron chi connectivity index (χ4n) is 2.15. The molecule has 0 aliphatic rings. The summed E-state index contributed by atoms with van der Waals surface area (Å²) in [5.41, 5.74) is 10.8. The number of pyridine rings is 1. The first kappa shape index (κ1) is 11.0. The topological polar surface area (TPSA) is 43.3 Å². The van der Waals surface area contributed by atoms with E-state index < -0.39 is 0 Å². The van der Waals surface area contributed by atoms with Crippen LogP contribution < -0.4 is 5.73 Å². The smallest absolute Gasteiger partial charge is 0.0712 e. The number of rotatable bonds is 2. The molecular formula is C15H15N3. The Bertz CT molecular complexity index is 668. The molecule has 0 radical (unpaired) electrons. The predicted molar refractivity (Wildman–Crippen MR) is 72.4 cm³/mol. The van der Waals surface area contributed by atoms with E-state index in [1.54, 1.807) is 0 Å². The highest BCUT2D eigenvalue weighted by atomic mass is 15.2. The van der Waals surface area contributed by atoms with Gasteiger partial charge in [-0.2, -0.15) is 5.10 Å². The van der Waals surface area contributed by atoms with Gasteiger partial charge in [-0.25, -0.2) is 4.52 Å². The molecule has 0 spiro atoms. The Balaban J connectivity index is 2.06. The average Bonchev–Trinajstić information content (AvgIpc) is 2.82. The average molecular weight is 237 g/mol. The van der Waals surface area contributed by atoms with Gasteiger partial charge in [0.15, 0.2) is 0 Å². The van der Waals surface area contributed by atoms with Crippen molar-refractivity contribution >= 4 is 5.52 Å². The van der Waals surface area contributed by atoms with Gasteiger partial charge in [0, 0.05) is 11.8 Å². The van der Waals surface area contributed by atoms with Gasteiger partial charge >= 0.3 is 0 Å². The lowest BCUT2D eigenvalue weighted by Crippen LogP contribution is -2.11. The minimum atomic E-state index is -0.134. The van der Waals surface area contributed by atoms with Crippen molar-refractivity contribution in [3.05, 3.63) is 71.5 Å². The number of nitrogens with two attached hydrogens (primary N) is 1. The third-order valence-corrected chi connectivity index (χ3v) is 3.23. The summed E-state index contributed by atoms with van der Waals surface area (Å²) in [6, 6.07) is 14.2. The van der Waals surface area contributed by atoms with Crippen LogP contribution in [0, 0.1) is 6.92 Å². The van der Waals surface area contributed by atoms with E-state index >= 15 is 0 Å². The van der Waals surface area contributed by atoms with Gasteiger partial charge < -0.3 is 5.73 Å². The summed E-state index contributed by atoms with van der Waals surface area (Å²) in [7, 11) is 0. The Kier molecular flexibility index (Phi) is 2.61. The van der Waals surface area contributed by atoms with Crippen LogP contribution in [-0.2, 0) is 0 Å². The quantitative estimate of drug-likeness (QED) is 0.744. The molecule has 0 saturated heterocycles. The fourth-order valence-corrected chi connectivity index (χ4v) is 2.15. The van der Waals surface area contributed by atoms with Gasteiger partial charge in [-0.1, -0.05) is 35.9 Å². The van der Waals surface area contributed by atoms with Crippen LogP contribution in [0.3, 0.4) is 0 Å². The first-order valence-electron chi connectivity index (χ1n) is 6.00. The highest BCUT2D eigenvalue weighted by Gasteiger charge is 2.13. The van der Waals surface area contributed by atoms with Crippen LogP contribution in [0.1, 0.15) is 22.7 Å². The number of aryl methyl sites for hydroxylation is 1. The molecule has 0 fully saturated rings. The minimum Gasteiger partial charge on any atom is -0.320 e. The molecule has 1 unspecified atom stereocenters. The van der Waals surface area contributed by atoms with Gasteiger partial charge in [0.25, 0.3) is 0 Å². The van der Waals surface area contributed by atoms with Gasteiger partial charge in [0.05, 0.1) is 17.8 Å². The molecule has 0 saturated carbocycles. The van der Waals surface area contributed by atoms with Crippen LogP contribution in [0.5, 0.6) is 0 Å². The molecule has 0 aliphatic heterocycles. The summed E-state index contributed by atoms with van der Waals surface area (Å²) in [6.45, 7) is 2.07. The Hall–Kier alpha value is -2.13. The molecule has 3 rings (SSSR count). The predicted octanol–water partition coefficient (Wildman–Crippen LogP) is 2.69. The van der Waals surface area contributed by atoms with Crippen molar-refractivity contribution in [2.24, 2.45) is 5.73 Å². The van der Waals surface area contributed by atoms with E-state index in [9.17, 15) is 0 Å². The SMILES string of the molecule is Cc1ccc(C(N)c2cnn3ccccc23)cc1. The van der Waals surface area contributed by atoms with E-state index in [1.165, 1.54) is 5.56 Å². The zero-order chi connectivity index (χ0) is 12.5. The van der Waals surface area contributed by atoms with Crippen molar-refractivity contribution in [1.29, 1.82) is 0 Å². The Labute approximate surface area is 106 Å². The van der Waals surface area contributed by atoms with Gasteiger partial charge in [-0.05, 0) is 24.6 Å². The van der Waals surface area contributed by atoms with E-state index in [2.05, 4.69) is 36.3 Å². The first-order valence-corrected chi connectivity index (χ1v) is 6.00.